The van der Waals surface area contributed by atoms with Crippen molar-refractivity contribution in [2.24, 2.45) is 0 Å². The Bertz CT molecular complexity index is 690. The van der Waals surface area contributed by atoms with E-state index >= 15 is 0 Å². The maximum Gasteiger partial charge on any atom is 0.325 e. The van der Waals surface area contributed by atoms with Crippen LogP contribution < -0.4 is 10.9 Å². The van der Waals surface area contributed by atoms with Gasteiger partial charge in [-0.2, -0.15) is 0 Å². The van der Waals surface area contributed by atoms with E-state index in [-0.39, 0.29) is 17.1 Å². The van der Waals surface area contributed by atoms with Crippen molar-refractivity contribution < 1.29 is 29.6 Å². The van der Waals surface area contributed by atoms with Crippen LogP contribution in [0, 0.1) is 4.77 Å². The number of hydrogen-bond donors (Lipinski definition) is 5. The Kier molecular flexibility index (Phi) is 5.43. The minimum absolute atomic E-state index is 0.159. The second-order valence-corrected chi connectivity index (χ2v) is 5.10. The molecule has 5 N–H and O–H groups in total. The first-order valence-electron chi connectivity index (χ1n) is 6.55. The molecular weight excluding hydrogens is 332 g/mol. The summed E-state index contributed by atoms with van der Waals surface area (Å²) in [5, 5.41) is 35.2. The van der Waals surface area contributed by atoms with Crippen LogP contribution >= 0.6 is 12.2 Å². The average molecular weight is 348 g/mol. The highest BCUT2D eigenvalue weighted by Gasteiger charge is 2.44. The molecule has 0 aliphatic carbocycles. The third-order valence-electron chi connectivity index (χ3n) is 3.24. The number of H-pyrrole nitrogens is 1. The van der Waals surface area contributed by atoms with E-state index in [2.05, 4.69) is 20.1 Å². The van der Waals surface area contributed by atoms with Crippen LogP contribution in [0.5, 0.6) is 0 Å². The van der Waals surface area contributed by atoms with Gasteiger partial charge < -0.3 is 30.1 Å². The first-order valence-corrected chi connectivity index (χ1v) is 6.96. The molecule has 1 saturated heterocycles. The molecule has 11 nitrogen and oxygen atoms in total. The summed E-state index contributed by atoms with van der Waals surface area (Å²) >= 11 is 4.95. The van der Waals surface area contributed by atoms with Gasteiger partial charge in [0.05, 0.1) is 13.7 Å². The SMILES string of the molecule is COC(=O)CNc1nn([C@H]2O[C@@H](CO)[C@@H](O)[C@H]2O)c(=S)[nH]c1=O. The van der Waals surface area contributed by atoms with Gasteiger partial charge in [0, 0.05) is 0 Å². The third-order valence-corrected chi connectivity index (χ3v) is 3.53. The first-order chi connectivity index (χ1) is 10.9. The number of aromatic nitrogens is 3. The lowest BCUT2D eigenvalue weighted by Crippen LogP contribution is -2.34. The summed E-state index contributed by atoms with van der Waals surface area (Å²) in [6.45, 7) is -0.821. The normalized spacial score (nSPS) is 27.0. The maximum absolute atomic E-state index is 11.8. The molecule has 1 aromatic rings. The molecule has 0 saturated carbocycles. The maximum atomic E-state index is 11.8. The van der Waals surface area contributed by atoms with Crippen molar-refractivity contribution in [3.05, 3.63) is 15.1 Å². The number of aromatic amines is 1. The van der Waals surface area contributed by atoms with Gasteiger partial charge in [0.2, 0.25) is 5.82 Å². The second-order valence-electron chi connectivity index (χ2n) is 4.71. The summed E-state index contributed by atoms with van der Waals surface area (Å²) < 4.78 is 10.5. The zero-order valence-corrected chi connectivity index (χ0v) is 12.8. The number of carbonyl (C=O) groups excluding carboxylic acids is 1. The number of hydrogen-bond acceptors (Lipinski definition) is 10. The van der Waals surface area contributed by atoms with Crippen LogP contribution in [0.4, 0.5) is 5.82 Å². The molecule has 1 aromatic heterocycles. The van der Waals surface area contributed by atoms with Gasteiger partial charge in [-0.3, -0.25) is 14.6 Å². The summed E-state index contributed by atoms with van der Waals surface area (Å²) in [5.41, 5.74) is -0.679. The minimum atomic E-state index is -1.41. The van der Waals surface area contributed by atoms with Crippen molar-refractivity contribution in [2.75, 3.05) is 25.6 Å². The highest BCUT2D eigenvalue weighted by atomic mass is 32.1. The molecule has 128 valence electrons. The van der Waals surface area contributed by atoms with E-state index < -0.39 is 42.7 Å². The number of rotatable bonds is 5. The number of anilines is 1. The predicted octanol–water partition coefficient (Wildman–Crippen LogP) is -2.50. The lowest BCUT2D eigenvalue weighted by atomic mass is 10.1. The largest absolute Gasteiger partial charge is 0.468 e. The fraction of sp³-hybridized carbons (Fsp3) is 0.636. The van der Waals surface area contributed by atoms with Gasteiger partial charge in [0.1, 0.15) is 24.9 Å². The molecular formula is C11H16N4O7S. The van der Waals surface area contributed by atoms with E-state index in [9.17, 15) is 19.8 Å². The molecule has 4 atom stereocenters. The summed E-state index contributed by atoms with van der Waals surface area (Å²) in [4.78, 5) is 25.2. The monoisotopic (exact) mass is 348 g/mol. The molecule has 0 spiro atoms. The zero-order chi connectivity index (χ0) is 17.1. The molecule has 0 aromatic carbocycles. The van der Waals surface area contributed by atoms with Crippen molar-refractivity contribution in [1.82, 2.24) is 14.8 Å². The Morgan fingerprint density at radius 1 is 1.52 bits per heavy atom. The van der Waals surface area contributed by atoms with Gasteiger partial charge >= 0.3 is 5.97 Å². The molecule has 12 heteroatoms. The molecule has 1 aliphatic rings. The number of methoxy groups -OCH3 is 1. The van der Waals surface area contributed by atoms with Gasteiger partial charge in [0.15, 0.2) is 11.0 Å². The molecule has 23 heavy (non-hydrogen) atoms. The average Bonchev–Trinajstić information content (AvgIpc) is 2.81. The fourth-order valence-corrected chi connectivity index (χ4v) is 2.25. The summed E-state index contributed by atoms with van der Waals surface area (Å²) in [7, 11) is 1.19. The van der Waals surface area contributed by atoms with Crippen molar-refractivity contribution in [1.29, 1.82) is 0 Å². The molecule has 1 fully saturated rings. The van der Waals surface area contributed by atoms with Gasteiger partial charge in [-0.05, 0) is 12.2 Å². The minimum Gasteiger partial charge on any atom is -0.468 e. The lowest BCUT2D eigenvalue weighted by molar-refractivity contribution is -0.138. The van der Waals surface area contributed by atoms with Gasteiger partial charge in [-0.25, -0.2) is 4.68 Å². The lowest BCUT2D eigenvalue weighted by Gasteiger charge is -2.17. The summed E-state index contributed by atoms with van der Waals surface area (Å²) in [6, 6.07) is 0. The Morgan fingerprint density at radius 3 is 2.78 bits per heavy atom. The smallest absolute Gasteiger partial charge is 0.325 e. The van der Waals surface area contributed by atoms with Gasteiger partial charge in [0.25, 0.3) is 5.56 Å². The highest BCUT2D eigenvalue weighted by molar-refractivity contribution is 7.71. The molecule has 2 rings (SSSR count). The molecule has 0 unspecified atom stereocenters. The predicted molar refractivity (Wildman–Crippen MR) is 77.2 cm³/mol. The Labute approximate surface area is 134 Å². The Balaban J connectivity index is 2.31. The van der Waals surface area contributed by atoms with Crippen LogP contribution in [0.25, 0.3) is 0 Å². The third kappa shape index (κ3) is 3.56. The standard InChI is InChI=1S/C11H16N4O7S/c1-21-5(17)2-12-8-9(20)13-11(23)15(14-8)10-7(19)6(18)4(3-16)22-10/h4,6-7,10,16,18-19H,2-3H2,1H3,(H,12,14)(H,13,20,23)/t4-,6+,7+,10-/m0/s1. The van der Waals surface area contributed by atoms with Crippen LogP contribution in [0.2, 0.25) is 0 Å². The van der Waals surface area contributed by atoms with Crippen LogP contribution in [0.1, 0.15) is 6.23 Å². The van der Waals surface area contributed by atoms with Crippen LogP contribution in [0.15, 0.2) is 4.79 Å². The van der Waals surface area contributed by atoms with E-state index in [1.54, 1.807) is 0 Å². The van der Waals surface area contributed by atoms with Crippen molar-refractivity contribution in [3.8, 4) is 0 Å². The van der Waals surface area contributed by atoms with Crippen molar-refractivity contribution in [2.45, 2.75) is 24.5 Å². The van der Waals surface area contributed by atoms with Gasteiger partial charge in [-0.15, -0.1) is 5.10 Å². The first kappa shape index (κ1) is 17.5. The van der Waals surface area contributed by atoms with E-state index in [4.69, 9.17) is 22.1 Å². The zero-order valence-electron chi connectivity index (χ0n) is 12.0. The topological polar surface area (TPSA) is 159 Å². The molecule has 1 aliphatic heterocycles. The molecule has 0 amide bonds. The summed E-state index contributed by atoms with van der Waals surface area (Å²) in [6.07, 6.45) is -4.97. The number of aliphatic hydroxyl groups excluding tert-OH is 3. The number of carbonyl (C=O) groups is 1. The van der Waals surface area contributed by atoms with Crippen LogP contribution in [-0.4, -0.2) is 74.6 Å². The van der Waals surface area contributed by atoms with E-state index in [0.717, 1.165) is 4.68 Å². The quantitative estimate of drug-likeness (QED) is 0.284. The van der Waals surface area contributed by atoms with Gasteiger partial charge in [-0.1, -0.05) is 0 Å². The van der Waals surface area contributed by atoms with Crippen molar-refractivity contribution >= 4 is 24.0 Å². The Hall–Kier alpha value is -1.86. The number of nitrogens with zero attached hydrogens (tertiary/aromatic N) is 2. The van der Waals surface area contributed by atoms with Crippen LogP contribution in [0.3, 0.4) is 0 Å². The fourth-order valence-electron chi connectivity index (χ4n) is 2.01. The summed E-state index contributed by atoms with van der Waals surface area (Å²) in [5.74, 6) is -0.866. The molecule has 0 bridgehead atoms. The number of ether oxygens (including phenoxy) is 2. The van der Waals surface area contributed by atoms with E-state index in [0.29, 0.717) is 0 Å². The van der Waals surface area contributed by atoms with E-state index in [1.807, 2.05) is 0 Å². The van der Waals surface area contributed by atoms with Crippen LogP contribution in [-0.2, 0) is 14.3 Å². The second kappa shape index (κ2) is 7.14. The number of esters is 1. The number of nitrogens with one attached hydrogen (secondary N) is 2. The molecule has 2 heterocycles. The molecule has 0 radical (unpaired) electrons. The van der Waals surface area contributed by atoms with Crippen molar-refractivity contribution in [3.63, 3.8) is 0 Å². The Morgan fingerprint density at radius 2 is 2.22 bits per heavy atom. The number of aliphatic hydroxyl groups is 3. The van der Waals surface area contributed by atoms with E-state index in [1.165, 1.54) is 7.11 Å². The highest BCUT2D eigenvalue weighted by Crippen LogP contribution is 2.28.